The molecule has 18 heavy (non-hydrogen) atoms. The van der Waals surface area contributed by atoms with E-state index >= 15 is 0 Å². The summed E-state index contributed by atoms with van der Waals surface area (Å²) in [7, 11) is 1.36. The maximum atomic E-state index is 12.2. The van der Waals surface area contributed by atoms with Crippen LogP contribution in [0, 0.1) is 11.8 Å². The molecule has 100 valence electrons. The second kappa shape index (κ2) is 4.96. The lowest BCUT2D eigenvalue weighted by Gasteiger charge is -2.20. The Hall–Kier alpha value is -1.59. The minimum absolute atomic E-state index is 0.0786. The highest BCUT2D eigenvalue weighted by Crippen LogP contribution is 2.25. The Kier molecular flexibility index (Phi) is 3.54. The number of ether oxygens (including phenoxy) is 1. The second-order valence-electron chi connectivity index (χ2n) is 5.01. The van der Waals surface area contributed by atoms with Gasteiger partial charge >= 0.3 is 5.97 Å². The average Bonchev–Trinajstić information content (AvgIpc) is 2.94. The number of esters is 1. The summed E-state index contributed by atoms with van der Waals surface area (Å²) in [5.41, 5.74) is 0. The van der Waals surface area contributed by atoms with E-state index in [1.165, 1.54) is 7.11 Å². The monoisotopic (exact) mass is 254 g/mol. The standard InChI is InChI=1S/C12H18N2O4/c1-7-5-14(6-8(7)12(17)18-2)11(16)9-3-4-10(15)13-9/h7-9H,3-6H2,1-2H3,(H,13,15)/t7?,8?,9-/m1/s1. The molecular weight excluding hydrogens is 236 g/mol. The molecule has 6 heteroatoms. The van der Waals surface area contributed by atoms with Crippen LogP contribution in [-0.2, 0) is 19.1 Å². The van der Waals surface area contributed by atoms with E-state index in [1.807, 2.05) is 6.92 Å². The number of amides is 2. The lowest BCUT2D eigenvalue weighted by molar-refractivity contribution is -0.146. The summed E-state index contributed by atoms with van der Waals surface area (Å²) < 4.78 is 4.73. The summed E-state index contributed by atoms with van der Waals surface area (Å²) in [6, 6.07) is -0.416. The number of hydrogen-bond donors (Lipinski definition) is 1. The summed E-state index contributed by atoms with van der Waals surface area (Å²) in [4.78, 5) is 36.4. The Morgan fingerprint density at radius 1 is 1.39 bits per heavy atom. The largest absolute Gasteiger partial charge is 0.469 e. The van der Waals surface area contributed by atoms with Gasteiger partial charge in [-0.2, -0.15) is 0 Å². The van der Waals surface area contributed by atoms with Crippen molar-refractivity contribution in [1.82, 2.24) is 10.2 Å². The van der Waals surface area contributed by atoms with E-state index in [0.29, 0.717) is 25.9 Å². The van der Waals surface area contributed by atoms with E-state index < -0.39 is 6.04 Å². The predicted molar refractivity (Wildman–Crippen MR) is 62.4 cm³/mol. The Labute approximate surface area is 106 Å². The zero-order valence-electron chi connectivity index (χ0n) is 10.6. The van der Waals surface area contributed by atoms with Gasteiger partial charge in [0.15, 0.2) is 0 Å². The first kappa shape index (κ1) is 12.9. The van der Waals surface area contributed by atoms with Crippen LogP contribution in [0.25, 0.3) is 0 Å². The van der Waals surface area contributed by atoms with Crippen LogP contribution < -0.4 is 5.32 Å². The van der Waals surface area contributed by atoms with Crippen LogP contribution in [0.5, 0.6) is 0 Å². The van der Waals surface area contributed by atoms with Crippen LogP contribution in [0.3, 0.4) is 0 Å². The van der Waals surface area contributed by atoms with Crippen molar-refractivity contribution >= 4 is 17.8 Å². The third-order valence-electron chi connectivity index (χ3n) is 3.72. The SMILES string of the molecule is COC(=O)C1CN(C(=O)[C@H]2CCC(=O)N2)CC1C. The van der Waals surface area contributed by atoms with Crippen molar-refractivity contribution in [2.75, 3.05) is 20.2 Å². The number of nitrogens with one attached hydrogen (secondary N) is 1. The lowest BCUT2D eigenvalue weighted by Crippen LogP contribution is -2.43. The van der Waals surface area contributed by atoms with Crippen molar-refractivity contribution < 1.29 is 19.1 Å². The van der Waals surface area contributed by atoms with Crippen molar-refractivity contribution in [3.05, 3.63) is 0 Å². The first-order valence-electron chi connectivity index (χ1n) is 6.19. The van der Waals surface area contributed by atoms with Crippen molar-refractivity contribution in [2.24, 2.45) is 11.8 Å². The molecule has 0 aromatic heterocycles. The second-order valence-corrected chi connectivity index (χ2v) is 5.01. The molecule has 0 bridgehead atoms. The minimum atomic E-state index is -0.416. The summed E-state index contributed by atoms with van der Waals surface area (Å²) in [5, 5.41) is 2.66. The summed E-state index contributed by atoms with van der Waals surface area (Å²) >= 11 is 0. The molecule has 2 unspecified atom stereocenters. The van der Waals surface area contributed by atoms with Crippen LogP contribution in [0.1, 0.15) is 19.8 Å². The van der Waals surface area contributed by atoms with Gasteiger partial charge in [0.25, 0.3) is 0 Å². The molecule has 2 aliphatic rings. The minimum Gasteiger partial charge on any atom is -0.469 e. The molecule has 0 spiro atoms. The van der Waals surface area contributed by atoms with Gasteiger partial charge < -0.3 is 15.0 Å². The number of carbonyl (C=O) groups excluding carboxylic acids is 3. The Morgan fingerprint density at radius 3 is 2.67 bits per heavy atom. The number of nitrogens with zero attached hydrogens (tertiary/aromatic N) is 1. The maximum Gasteiger partial charge on any atom is 0.310 e. The van der Waals surface area contributed by atoms with Crippen LogP contribution >= 0.6 is 0 Å². The Balaban J connectivity index is 1.97. The van der Waals surface area contributed by atoms with Crippen LogP contribution in [-0.4, -0.2) is 48.9 Å². The number of rotatable bonds is 2. The maximum absolute atomic E-state index is 12.2. The van der Waals surface area contributed by atoms with E-state index in [1.54, 1.807) is 4.90 Å². The first-order chi connectivity index (χ1) is 8.52. The molecule has 6 nitrogen and oxygen atoms in total. The van der Waals surface area contributed by atoms with Crippen LogP contribution in [0.2, 0.25) is 0 Å². The van der Waals surface area contributed by atoms with Crippen LogP contribution in [0.4, 0.5) is 0 Å². The molecule has 1 N–H and O–H groups in total. The molecule has 0 aliphatic carbocycles. The summed E-state index contributed by atoms with van der Waals surface area (Å²) in [5.74, 6) is -0.591. The smallest absolute Gasteiger partial charge is 0.310 e. The topological polar surface area (TPSA) is 75.7 Å². The van der Waals surface area contributed by atoms with Gasteiger partial charge in [-0.3, -0.25) is 14.4 Å². The van der Waals surface area contributed by atoms with Gasteiger partial charge in [-0.05, 0) is 12.3 Å². The average molecular weight is 254 g/mol. The van der Waals surface area contributed by atoms with Gasteiger partial charge in [0.05, 0.1) is 13.0 Å². The Bertz CT molecular complexity index is 382. The van der Waals surface area contributed by atoms with Gasteiger partial charge in [0.1, 0.15) is 6.04 Å². The van der Waals surface area contributed by atoms with Crippen LogP contribution in [0.15, 0.2) is 0 Å². The molecule has 2 rings (SSSR count). The zero-order chi connectivity index (χ0) is 13.3. The summed E-state index contributed by atoms with van der Waals surface area (Å²) in [6.07, 6.45) is 0.950. The number of methoxy groups -OCH3 is 1. The zero-order valence-corrected chi connectivity index (χ0v) is 10.6. The molecule has 2 fully saturated rings. The summed E-state index contributed by atoms with van der Waals surface area (Å²) in [6.45, 7) is 2.87. The van der Waals surface area contributed by atoms with E-state index in [4.69, 9.17) is 4.74 Å². The fraction of sp³-hybridized carbons (Fsp3) is 0.750. The van der Waals surface area contributed by atoms with E-state index in [-0.39, 0.29) is 29.6 Å². The van der Waals surface area contributed by atoms with E-state index in [0.717, 1.165) is 0 Å². The number of likely N-dealkylation sites (tertiary alicyclic amines) is 1. The van der Waals surface area contributed by atoms with Gasteiger partial charge in [-0.25, -0.2) is 0 Å². The van der Waals surface area contributed by atoms with Gasteiger partial charge in [0.2, 0.25) is 11.8 Å². The lowest BCUT2D eigenvalue weighted by atomic mass is 9.99. The normalized spacial score (nSPS) is 31.3. The fourth-order valence-corrected chi connectivity index (χ4v) is 2.62. The third kappa shape index (κ3) is 2.32. The van der Waals surface area contributed by atoms with Gasteiger partial charge in [0, 0.05) is 19.5 Å². The molecule has 2 heterocycles. The molecule has 0 aromatic carbocycles. The van der Waals surface area contributed by atoms with E-state index in [9.17, 15) is 14.4 Å². The van der Waals surface area contributed by atoms with Gasteiger partial charge in [-0.1, -0.05) is 6.92 Å². The molecule has 2 amide bonds. The highest BCUT2D eigenvalue weighted by atomic mass is 16.5. The predicted octanol–water partition coefficient (Wildman–Crippen LogP) is -0.467. The molecule has 3 atom stereocenters. The van der Waals surface area contributed by atoms with Gasteiger partial charge in [-0.15, -0.1) is 0 Å². The highest BCUT2D eigenvalue weighted by molar-refractivity contribution is 5.91. The van der Waals surface area contributed by atoms with E-state index in [2.05, 4.69) is 5.32 Å². The van der Waals surface area contributed by atoms with Crippen molar-refractivity contribution in [1.29, 1.82) is 0 Å². The molecule has 0 radical (unpaired) electrons. The highest BCUT2D eigenvalue weighted by Gasteiger charge is 2.40. The fourth-order valence-electron chi connectivity index (χ4n) is 2.62. The molecule has 0 saturated carbocycles. The quantitative estimate of drug-likeness (QED) is 0.676. The number of hydrogen-bond acceptors (Lipinski definition) is 4. The van der Waals surface area contributed by atoms with Crippen molar-refractivity contribution in [2.45, 2.75) is 25.8 Å². The molecule has 2 saturated heterocycles. The third-order valence-corrected chi connectivity index (χ3v) is 3.72. The first-order valence-corrected chi connectivity index (χ1v) is 6.19. The molecule has 0 aromatic rings. The number of carbonyl (C=O) groups is 3. The Morgan fingerprint density at radius 2 is 2.11 bits per heavy atom. The van der Waals surface area contributed by atoms with Crippen molar-refractivity contribution in [3.8, 4) is 0 Å². The molecular formula is C12H18N2O4. The van der Waals surface area contributed by atoms with Crippen molar-refractivity contribution in [3.63, 3.8) is 0 Å². The molecule has 2 aliphatic heterocycles.